The summed E-state index contributed by atoms with van der Waals surface area (Å²) in [5, 5.41) is 12.3. The highest BCUT2D eigenvalue weighted by Crippen LogP contribution is 2.40. The number of aliphatic hydroxyl groups is 1. The lowest BCUT2D eigenvalue weighted by atomic mass is 9.96. The van der Waals surface area contributed by atoms with E-state index in [2.05, 4.69) is 16.4 Å². The monoisotopic (exact) mass is 290 g/mol. The molecule has 4 heteroatoms. The molecule has 1 saturated carbocycles. The Labute approximate surface area is 126 Å². The second kappa shape index (κ2) is 7.23. The molecule has 3 atom stereocenters. The lowest BCUT2D eigenvalue weighted by Crippen LogP contribution is -2.46. The minimum absolute atomic E-state index is 0.321. The van der Waals surface area contributed by atoms with Gasteiger partial charge >= 0.3 is 0 Å². The summed E-state index contributed by atoms with van der Waals surface area (Å²) < 4.78 is 5.84. The molecule has 1 unspecified atom stereocenters. The highest BCUT2D eigenvalue weighted by atomic mass is 16.5. The van der Waals surface area contributed by atoms with E-state index in [1.54, 1.807) is 0 Å². The van der Waals surface area contributed by atoms with Gasteiger partial charge in [0.15, 0.2) is 0 Å². The lowest BCUT2D eigenvalue weighted by molar-refractivity contribution is 0.216. The summed E-state index contributed by atoms with van der Waals surface area (Å²) in [5.41, 5.74) is 1.32. The van der Waals surface area contributed by atoms with Gasteiger partial charge in [-0.1, -0.05) is 0 Å². The zero-order chi connectivity index (χ0) is 14.5. The maximum Gasteiger partial charge on any atom is 0.137 e. The molecule has 0 spiro atoms. The smallest absolute Gasteiger partial charge is 0.137 e. The van der Waals surface area contributed by atoms with E-state index in [4.69, 9.17) is 9.84 Å². The molecule has 0 radical (unpaired) electrons. The average Bonchev–Trinajstić information content (AvgIpc) is 2.93. The molecular weight excluding hydrogens is 264 g/mol. The third kappa shape index (κ3) is 3.95. The van der Waals surface area contributed by atoms with Gasteiger partial charge in [0, 0.05) is 18.8 Å². The van der Waals surface area contributed by atoms with Crippen LogP contribution in [0.3, 0.4) is 0 Å². The number of pyridine rings is 1. The predicted molar refractivity (Wildman–Crippen MR) is 82.5 cm³/mol. The summed E-state index contributed by atoms with van der Waals surface area (Å²) in [4.78, 5) is 4.35. The molecule has 2 N–H and O–H groups in total. The fraction of sp³-hybridized carbons (Fsp3) is 0.706. The molecule has 3 rings (SSSR count). The van der Waals surface area contributed by atoms with Crippen LogP contribution in [0.15, 0.2) is 18.5 Å². The first kappa shape index (κ1) is 14.8. The largest absolute Gasteiger partial charge is 0.490 e. The molecule has 1 aliphatic heterocycles. The van der Waals surface area contributed by atoms with E-state index in [1.165, 1.54) is 31.2 Å². The Kier molecular flexibility index (Phi) is 5.09. The third-order valence-electron chi connectivity index (χ3n) is 4.89. The van der Waals surface area contributed by atoms with Crippen LogP contribution in [-0.2, 0) is 0 Å². The van der Waals surface area contributed by atoms with Gasteiger partial charge < -0.3 is 15.2 Å². The normalized spacial score (nSPS) is 28.3. The van der Waals surface area contributed by atoms with Crippen LogP contribution in [-0.4, -0.2) is 35.9 Å². The molecule has 21 heavy (non-hydrogen) atoms. The molecular formula is C17H26N2O2. The van der Waals surface area contributed by atoms with Gasteiger partial charge in [-0.2, -0.15) is 0 Å². The van der Waals surface area contributed by atoms with Crippen LogP contribution in [0.2, 0.25) is 0 Å². The summed E-state index contributed by atoms with van der Waals surface area (Å²) >= 11 is 0. The topological polar surface area (TPSA) is 54.4 Å². The highest BCUT2D eigenvalue weighted by Gasteiger charge is 2.26. The Balaban J connectivity index is 1.53. The summed E-state index contributed by atoms with van der Waals surface area (Å²) in [6, 6.07) is 2.69. The molecule has 0 amide bonds. The minimum atomic E-state index is 0.321. The molecule has 1 aromatic heterocycles. The van der Waals surface area contributed by atoms with E-state index in [9.17, 15) is 0 Å². The van der Waals surface area contributed by atoms with Crippen LogP contribution in [0.1, 0.15) is 50.0 Å². The summed E-state index contributed by atoms with van der Waals surface area (Å²) in [6.07, 6.45) is 10.9. The van der Waals surface area contributed by atoms with Gasteiger partial charge in [-0.3, -0.25) is 4.98 Å². The fourth-order valence-electron chi connectivity index (χ4n) is 3.45. The van der Waals surface area contributed by atoms with Crippen molar-refractivity contribution in [1.29, 1.82) is 0 Å². The van der Waals surface area contributed by atoms with Crippen molar-refractivity contribution in [3.8, 4) is 5.75 Å². The molecule has 1 saturated heterocycles. The minimum Gasteiger partial charge on any atom is -0.490 e. The molecule has 2 aliphatic rings. The molecule has 116 valence electrons. The lowest BCUT2D eigenvalue weighted by Gasteiger charge is -2.27. The van der Waals surface area contributed by atoms with Crippen LogP contribution >= 0.6 is 0 Å². The first-order chi connectivity index (χ1) is 10.3. The maximum absolute atomic E-state index is 8.94. The van der Waals surface area contributed by atoms with Crippen molar-refractivity contribution in [1.82, 2.24) is 10.3 Å². The number of hydrogen-bond acceptors (Lipinski definition) is 4. The van der Waals surface area contributed by atoms with E-state index in [0.717, 1.165) is 37.7 Å². The summed E-state index contributed by atoms with van der Waals surface area (Å²) in [6.45, 7) is 2.18. The Morgan fingerprint density at radius 2 is 2.19 bits per heavy atom. The van der Waals surface area contributed by atoms with E-state index in [1.807, 2.05) is 12.4 Å². The zero-order valence-corrected chi connectivity index (χ0v) is 12.6. The number of nitrogens with zero attached hydrogens (tertiary/aromatic N) is 1. The standard InChI is InChI=1S/C17H26N2O2/c20-7-1-2-13-3-4-14(8-13)15-9-17(11-18-10-15)21-12-16-5-6-19-16/h9-11,13-14,16,19-20H,1-8,12H2/t13?,14-,16-/m0/s1. The number of rotatable bonds is 7. The Bertz CT molecular complexity index is 448. The molecule has 0 aromatic carbocycles. The first-order valence-corrected chi connectivity index (χ1v) is 8.27. The number of ether oxygens (including phenoxy) is 1. The van der Waals surface area contributed by atoms with Gasteiger partial charge in [0.1, 0.15) is 12.4 Å². The maximum atomic E-state index is 8.94. The van der Waals surface area contributed by atoms with Crippen molar-refractivity contribution >= 4 is 0 Å². The number of hydrogen-bond donors (Lipinski definition) is 2. The van der Waals surface area contributed by atoms with Gasteiger partial charge in [-0.05, 0) is 68.5 Å². The van der Waals surface area contributed by atoms with Crippen molar-refractivity contribution in [3.63, 3.8) is 0 Å². The quantitative estimate of drug-likeness (QED) is 0.810. The van der Waals surface area contributed by atoms with E-state index in [-0.39, 0.29) is 0 Å². The van der Waals surface area contributed by atoms with Crippen LogP contribution in [0.4, 0.5) is 0 Å². The van der Waals surface area contributed by atoms with E-state index in [0.29, 0.717) is 18.6 Å². The van der Waals surface area contributed by atoms with Gasteiger partial charge in [0.05, 0.1) is 6.20 Å². The number of aliphatic hydroxyl groups excluding tert-OH is 1. The molecule has 1 aromatic rings. The molecule has 4 nitrogen and oxygen atoms in total. The second-order valence-corrected chi connectivity index (χ2v) is 6.45. The summed E-state index contributed by atoms with van der Waals surface area (Å²) in [5.74, 6) is 2.29. The van der Waals surface area contributed by atoms with Gasteiger partial charge in [-0.25, -0.2) is 0 Å². The number of aromatic nitrogens is 1. The number of nitrogens with one attached hydrogen (secondary N) is 1. The van der Waals surface area contributed by atoms with Crippen LogP contribution in [0.5, 0.6) is 5.75 Å². The Morgan fingerprint density at radius 1 is 1.29 bits per heavy atom. The van der Waals surface area contributed by atoms with E-state index < -0.39 is 0 Å². The van der Waals surface area contributed by atoms with Crippen molar-refractivity contribution in [3.05, 3.63) is 24.0 Å². The van der Waals surface area contributed by atoms with Gasteiger partial charge in [-0.15, -0.1) is 0 Å². The summed E-state index contributed by atoms with van der Waals surface area (Å²) in [7, 11) is 0. The Hall–Kier alpha value is -1.13. The highest BCUT2D eigenvalue weighted by molar-refractivity contribution is 5.27. The average molecular weight is 290 g/mol. The molecule has 2 fully saturated rings. The van der Waals surface area contributed by atoms with Crippen molar-refractivity contribution in [2.75, 3.05) is 19.8 Å². The predicted octanol–water partition coefficient (Wildman–Crippen LogP) is 2.48. The van der Waals surface area contributed by atoms with Crippen LogP contribution < -0.4 is 10.1 Å². The fourth-order valence-corrected chi connectivity index (χ4v) is 3.45. The van der Waals surface area contributed by atoms with Crippen LogP contribution in [0, 0.1) is 5.92 Å². The Morgan fingerprint density at radius 3 is 2.95 bits per heavy atom. The van der Waals surface area contributed by atoms with Crippen LogP contribution in [0.25, 0.3) is 0 Å². The third-order valence-corrected chi connectivity index (χ3v) is 4.89. The molecule has 0 bridgehead atoms. The van der Waals surface area contributed by atoms with Crippen molar-refractivity contribution in [2.45, 2.75) is 50.5 Å². The van der Waals surface area contributed by atoms with Crippen molar-refractivity contribution in [2.24, 2.45) is 5.92 Å². The van der Waals surface area contributed by atoms with E-state index >= 15 is 0 Å². The zero-order valence-electron chi connectivity index (χ0n) is 12.6. The second-order valence-electron chi connectivity index (χ2n) is 6.45. The van der Waals surface area contributed by atoms with Crippen molar-refractivity contribution < 1.29 is 9.84 Å². The molecule has 1 aliphatic carbocycles. The molecule has 2 heterocycles. The van der Waals surface area contributed by atoms with Gasteiger partial charge in [0.2, 0.25) is 0 Å². The van der Waals surface area contributed by atoms with Gasteiger partial charge in [0.25, 0.3) is 0 Å². The SMILES string of the molecule is OCCCC1CC[C@H](c2cncc(OC[C@@H]3CCN3)c2)C1. The first-order valence-electron chi connectivity index (χ1n) is 8.27.